The highest BCUT2D eigenvalue weighted by molar-refractivity contribution is 6.08. The Balaban J connectivity index is 1.65. The van der Waals surface area contributed by atoms with Crippen LogP contribution in [-0.2, 0) is 14.4 Å². The molecule has 122 valence electrons. The highest BCUT2D eigenvalue weighted by atomic mass is 16.5. The lowest BCUT2D eigenvalue weighted by Crippen LogP contribution is -2.38. The van der Waals surface area contributed by atoms with Gasteiger partial charge in [0.2, 0.25) is 17.7 Å². The molecule has 0 bridgehead atoms. The third kappa shape index (κ3) is 3.06. The molecule has 1 aliphatic carbocycles. The number of nitrogens with zero attached hydrogens (tertiary/aromatic N) is 1. The van der Waals surface area contributed by atoms with Gasteiger partial charge in [-0.05, 0) is 25.0 Å². The van der Waals surface area contributed by atoms with Gasteiger partial charge in [-0.1, -0.05) is 18.9 Å². The maximum Gasteiger partial charge on any atom is 0.244 e. The van der Waals surface area contributed by atoms with Gasteiger partial charge in [-0.25, -0.2) is 0 Å². The summed E-state index contributed by atoms with van der Waals surface area (Å²) in [5, 5.41) is 2.70. The van der Waals surface area contributed by atoms with E-state index in [1.807, 2.05) is 0 Å². The number of carbonyl (C=O) groups is 3. The van der Waals surface area contributed by atoms with Crippen LogP contribution in [-0.4, -0.2) is 36.3 Å². The molecule has 3 amide bonds. The first-order valence-electron chi connectivity index (χ1n) is 7.89. The molecule has 6 heteroatoms. The Kier molecular flexibility index (Phi) is 4.32. The van der Waals surface area contributed by atoms with Crippen LogP contribution in [0.2, 0.25) is 0 Å². The molecule has 2 aliphatic rings. The molecule has 1 saturated carbocycles. The first kappa shape index (κ1) is 15.5. The number of amides is 3. The van der Waals surface area contributed by atoms with Gasteiger partial charge in [0, 0.05) is 11.8 Å². The van der Waals surface area contributed by atoms with Crippen molar-refractivity contribution in [1.82, 2.24) is 4.90 Å². The smallest absolute Gasteiger partial charge is 0.244 e. The molecular weight excluding hydrogens is 296 g/mol. The molecule has 1 heterocycles. The van der Waals surface area contributed by atoms with Gasteiger partial charge in [0.05, 0.1) is 18.9 Å². The standard InChI is InChI=1S/C17H20N2O4/c1-23-12-6-4-5-11(9-12)18-15(20)10-19-16(21)13-7-2-3-8-14(13)17(19)22/h4-6,9,13-14H,2-3,7-8,10H2,1H3,(H,18,20)/t13-,14-/m0/s1. The molecule has 0 aromatic heterocycles. The lowest BCUT2D eigenvalue weighted by atomic mass is 9.81. The summed E-state index contributed by atoms with van der Waals surface area (Å²) in [6.07, 6.45) is 3.46. The average Bonchev–Trinajstić information content (AvgIpc) is 2.80. The van der Waals surface area contributed by atoms with Crippen LogP contribution in [0.5, 0.6) is 5.75 Å². The number of carbonyl (C=O) groups excluding carboxylic acids is 3. The maximum atomic E-state index is 12.3. The van der Waals surface area contributed by atoms with Crippen LogP contribution >= 0.6 is 0 Å². The highest BCUT2D eigenvalue weighted by Gasteiger charge is 2.48. The molecule has 2 atom stereocenters. The van der Waals surface area contributed by atoms with E-state index >= 15 is 0 Å². The van der Waals surface area contributed by atoms with Crippen LogP contribution in [0.3, 0.4) is 0 Å². The molecule has 0 radical (unpaired) electrons. The zero-order chi connectivity index (χ0) is 16.4. The second kappa shape index (κ2) is 6.40. The van der Waals surface area contributed by atoms with Crippen molar-refractivity contribution < 1.29 is 19.1 Å². The Labute approximate surface area is 134 Å². The van der Waals surface area contributed by atoms with Crippen LogP contribution in [0, 0.1) is 11.8 Å². The summed E-state index contributed by atoms with van der Waals surface area (Å²) in [7, 11) is 1.55. The summed E-state index contributed by atoms with van der Waals surface area (Å²) in [5.74, 6) is -0.580. The van der Waals surface area contributed by atoms with Gasteiger partial charge in [-0.15, -0.1) is 0 Å². The first-order chi connectivity index (χ1) is 11.1. The maximum absolute atomic E-state index is 12.3. The lowest BCUT2D eigenvalue weighted by Gasteiger charge is -2.19. The fraction of sp³-hybridized carbons (Fsp3) is 0.471. The molecule has 0 unspecified atom stereocenters. The van der Waals surface area contributed by atoms with E-state index in [2.05, 4.69) is 5.32 Å². The summed E-state index contributed by atoms with van der Waals surface area (Å²) in [4.78, 5) is 38.0. The Morgan fingerprint density at radius 3 is 2.48 bits per heavy atom. The lowest BCUT2D eigenvalue weighted by molar-refractivity contribution is -0.142. The van der Waals surface area contributed by atoms with Crippen molar-refractivity contribution in [3.05, 3.63) is 24.3 Å². The van der Waals surface area contributed by atoms with Gasteiger partial charge in [0.1, 0.15) is 12.3 Å². The van der Waals surface area contributed by atoms with Crippen molar-refractivity contribution in [2.75, 3.05) is 19.0 Å². The predicted molar refractivity (Wildman–Crippen MR) is 83.8 cm³/mol. The van der Waals surface area contributed by atoms with E-state index < -0.39 is 0 Å². The summed E-state index contributed by atoms with van der Waals surface area (Å²) in [6.45, 7) is -0.220. The summed E-state index contributed by atoms with van der Waals surface area (Å²) >= 11 is 0. The number of ether oxygens (including phenoxy) is 1. The van der Waals surface area contributed by atoms with Crippen LogP contribution in [0.25, 0.3) is 0 Å². The second-order valence-electron chi connectivity index (χ2n) is 6.04. The minimum atomic E-state index is -0.376. The Hall–Kier alpha value is -2.37. The summed E-state index contributed by atoms with van der Waals surface area (Å²) in [6, 6.07) is 6.95. The minimum Gasteiger partial charge on any atom is -0.497 e. The quantitative estimate of drug-likeness (QED) is 0.860. The molecule has 23 heavy (non-hydrogen) atoms. The number of benzene rings is 1. The number of hydrogen-bond acceptors (Lipinski definition) is 4. The predicted octanol–water partition coefficient (Wildman–Crippen LogP) is 1.81. The summed E-state index contributed by atoms with van der Waals surface area (Å²) < 4.78 is 5.10. The Morgan fingerprint density at radius 1 is 1.22 bits per heavy atom. The number of likely N-dealkylation sites (tertiary alicyclic amines) is 1. The fourth-order valence-corrected chi connectivity index (χ4v) is 3.43. The second-order valence-corrected chi connectivity index (χ2v) is 6.04. The van der Waals surface area contributed by atoms with Gasteiger partial charge in [-0.2, -0.15) is 0 Å². The van der Waals surface area contributed by atoms with Crippen LogP contribution in [0.1, 0.15) is 25.7 Å². The number of anilines is 1. The molecule has 3 rings (SSSR count). The first-order valence-corrected chi connectivity index (χ1v) is 7.89. The number of imide groups is 1. The highest BCUT2D eigenvalue weighted by Crippen LogP contribution is 2.37. The summed E-state index contributed by atoms with van der Waals surface area (Å²) in [5.41, 5.74) is 0.575. The fourth-order valence-electron chi connectivity index (χ4n) is 3.43. The molecule has 2 fully saturated rings. The molecule has 0 spiro atoms. The van der Waals surface area contributed by atoms with Gasteiger partial charge in [0.25, 0.3) is 0 Å². The van der Waals surface area contributed by atoms with E-state index in [-0.39, 0.29) is 36.1 Å². The molecule has 1 saturated heterocycles. The van der Waals surface area contributed by atoms with Crippen molar-refractivity contribution in [2.24, 2.45) is 11.8 Å². The zero-order valence-corrected chi connectivity index (χ0v) is 13.1. The van der Waals surface area contributed by atoms with Crippen LogP contribution in [0.4, 0.5) is 5.69 Å². The monoisotopic (exact) mass is 316 g/mol. The van der Waals surface area contributed by atoms with E-state index in [0.29, 0.717) is 11.4 Å². The van der Waals surface area contributed by atoms with E-state index in [1.165, 1.54) is 0 Å². The van der Waals surface area contributed by atoms with E-state index in [1.54, 1.807) is 31.4 Å². The van der Waals surface area contributed by atoms with Crippen molar-refractivity contribution >= 4 is 23.4 Å². The zero-order valence-electron chi connectivity index (χ0n) is 13.1. The minimum absolute atomic E-state index is 0.194. The van der Waals surface area contributed by atoms with Gasteiger partial charge in [-0.3, -0.25) is 19.3 Å². The topological polar surface area (TPSA) is 75.7 Å². The number of rotatable bonds is 4. The molecule has 1 aliphatic heterocycles. The van der Waals surface area contributed by atoms with E-state index in [9.17, 15) is 14.4 Å². The van der Waals surface area contributed by atoms with Gasteiger partial charge in [0.15, 0.2) is 0 Å². The Bertz CT molecular complexity index is 619. The van der Waals surface area contributed by atoms with Crippen molar-refractivity contribution in [1.29, 1.82) is 0 Å². The number of hydrogen-bond donors (Lipinski definition) is 1. The van der Waals surface area contributed by atoms with Crippen LogP contribution in [0.15, 0.2) is 24.3 Å². The molecular formula is C17H20N2O4. The SMILES string of the molecule is COc1cccc(NC(=O)CN2C(=O)[C@H]3CCCC[C@@H]3C2=O)c1. The molecule has 6 nitrogen and oxygen atoms in total. The van der Waals surface area contributed by atoms with Crippen molar-refractivity contribution in [2.45, 2.75) is 25.7 Å². The molecule has 1 aromatic carbocycles. The molecule has 1 N–H and O–H groups in total. The van der Waals surface area contributed by atoms with Crippen molar-refractivity contribution in [3.8, 4) is 5.75 Å². The third-order valence-corrected chi connectivity index (χ3v) is 4.59. The van der Waals surface area contributed by atoms with Gasteiger partial charge < -0.3 is 10.1 Å². The van der Waals surface area contributed by atoms with E-state index in [4.69, 9.17) is 4.74 Å². The number of fused-ring (bicyclic) bond motifs is 1. The largest absolute Gasteiger partial charge is 0.497 e. The normalized spacial score (nSPS) is 23.6. The molecule has 1 aromatic rings. The third-order valence-electron chi connectivity index (χ3n) is 4.59. The van der Waals surface area contributed by atoms with E-state index in [0.717, 1.165) is 30.6 Å². The number of methoxy groups -OCH3 is 1. The number of nitrogens with one attached hydrogen (secondary N) is 1. The Morgan fingerprint density at radius 2 is 1.87 bits per heavy atom. The van der Waals surface area contributed by atoms with Crippen molar-refractivity contribution in [3.63, 3.8) is 0 Å². The average molecular weight is 316 g/mol. The van der Waals surface area contributed by atoms with Gasteiger partial charge >= 0.3 is 0 Å². The van der Waals surface area contributed by atoms with Crippen LogP contribution < -0.4 is 10.1 Å².